The molecule has 0 bridgehead atoms. The van der Waals surface area contributed by atoms with Crippen molar-refractivity contribution in [3.63, 3.8) is 0 Å². The molecule has 0 radical (unpaired) electrons. The number of anilines is 1. The molecule has 2 aromatic rings. The van der Waals surface area contributed by atoms with Gasteiger partial charge in [0.05, 0.1) is 17.9 Å². The maximum atomic E-state index is 12.1. The lowest BCUT2D eigenvalue weighted by atomic mass is 10.1. The van der Waals surface area contributed by atoms with E-state index in [1.165, 1.54) is 30.2 Å². The Hall–Kier alpha value is -1.31. The van der Waals surface area contributed by atoms with Crippen molar-refractivity contribution in [3.8, 4) is 5.75 Å². The quantitative estimate of drug-likeness (QED) is 0.612. The number of carbonyl (C=O) groups is 1. The van der Waals surface area contributed by atoms with Crippen LogP contribution in [0.2, 0.25) is 5.02 Å². The van der Waals surface area contributed by atoms with E-state index in [9.17, 15) is 4.79 Å². The van der Waals surface area contributed by atoms with Crippen LogP contribution in [0, 0.1) is 0 Å². The van der Waals surface area contributed by atoms with Gasteiger partial charge in [0, 0.05) is 12.1 Å². The van der Waals surface area contributed by atoms with E-state index in [4.69, 9.17) is 16.3 Å². The molecule has 8 heteroatoms. The number of aromatic nitrogens is 2. The lowest BCUT2D eigenvalue weighted by Crippen LogP contribution is -2.02. The van der Waals surface area contributed by atoms with Crippen molar-refractivity contribution in [1.29, 1.82) is 0 Å². The van der Waals surface area contributed by atoms with Crippen LogP contribution in [0.5, 0.6) is 5.75 Å². The summed E-state index contributed by atoms with van der Waals surface area (Å²) >= 11 is 8.82. The number of hydrogen-bond donors (Lipinski definition) is 1. The Morgan fingerprint density at radius 1 is 1.48 bits per heavy atom. The molecule has 1 aromatic carbocycles. The fourth-order valence-electron chi connectivity index (χ4n) is 1.54. The third kappa shape index (κ3) is 4.33. The number of benzene rings is 1. The average Bonchev–Trinajstić information content (AvgIpc) is 2.93. The highest BCUT2D eigenvalue weighted by molar-refractivity contribution is 8.01. The van der Waals surface area contributed by atoms with Crippen molar-refractivity contribution in [1.82, 2.24) is 10.2 Å². The highest BCUT2D eigenvalue weighted by Gasteiger charge is 2.12. The number of hydrogen-bond acceptors (Lipinski definition) is 7. The minimum Gasteiger partial charge on any atom is -0.495 e. The standard InChI is InChI=1S/C13H14ClN3O2S2/c1-3-15-12-16-17-13(21-12)20-7-10(18)8-4-5-11(19-2)9(14)6-8/h4-6H,3,7H2,1-2H3,(H,15,16). The molecule has 5 nitrogen and oxygen atoms in total. The fourth-order valence-corrected chi connectivity index (χ4v) is 3.51. The summed E-state index contributed by atoms with van der Waals surface area (Å²) in [6.07, 6.45) is 0. The van der Waals surface area contributed by atoms with Crippen LogP contribution < -0.4 is 10.1 Å². The maximum Gasteiger partial charge on any atom is 0.206 e. The number of halogens is 1. The Balaban J connectivity index is 1.96. The summed E-state index contributed by atoms with van der Waals surface area (Å²) in [6, 6.07) is 5.01. The van der Waals surface area contributed by atoms with Gasteiger partial charge >= 0.3 is 0 Å². The first-order valence-corrected chi connectivity index (χ1v) is 8.39. The molecule has 0 aliphatic rings. The highest BCUT2D eigenvalue weighted by atomic mass is 35.5. The minimum absolute atomic E-state index is 0.00949. The number of nitrogens with zero attached hydrogens (tertiary/aromatic N) is 2. The van der Waals surface area contributed by atoms with E-state index in [-0.39, 0.29) is 5.78 Å². The first kappa shape index (κ1) is 16.1. The monoisotopic (exact) mass is 343 g/mol. The molecule has 0 saturated carbocycles. The van der Waals surface area contributed by atoms with Crippen LogP contribution in [-0.4, -0.2) is 35.4 Å². The second kappa shape index (κ2) is 7.63. The van der Waals surface area contributed by atoms with Crippen LogP contribution in [0.1, 0.15) is 17.3 Å². The van der Waals surface area contributed by atoms with Gasteiger partial charge < -0.3 is 10.1 Å². The molecular weight excluding hydrogens is 330 g/mol. The molecule has 0 aliphatic carbocycles. The van der Waals surface area contributed by atoms with Crippen LogP contribution in [-0.2, 0) is 0 Å². The zero-order valence-electron chi connectivity index (χ0n) is 11.6. The molecule has 0 unspecified atom stereocenters. The van der Waals surface area contributed by atoms with Crippen LogP contribution >= 0.6 is 34.7 Å². The third-order valence-corrected chi connectivity index (χ3v) is 4.84. The molecule has 2 rings (SSSR count). The number of methoxy groups -OCH3 is 1. The maximum absolute atomic E-state index is 12.1. The Labute approximate surface area is 136 Å². The summed E-state index contributed by atoms with van der Waals surface area (Å²) in [5, 5.41) is 12.3. The predicted octanol–water partition coefficient (Wildman–Crippen LogP) is 3.61. The summed E-state index contributed by atoms with van der Waals surface area (Å²) in [7, 11) is 1.54. The van der Waals surface area contributed by atoms with Crippen molar-refractivity contribution < 1.29 is 9.53 Å². The van der Waals surface area contributed by atoms with Gasteiger partial charge in [0.25, 0.3) is 0 Å². The van der Waals surface area contributed by atoms with Gasteiger partial charge in [-0.2, -0.15) is 0 Å². The topological polar surface area (TPSA) is 64.1 Å². The molecule has 0 atom stereocenters. The summed E-state index contributed by atoms with van der Waals surface area (Å²) in [5.74, 6) is 0.841. The summed E-state index contributed by atoms with van der Waals surface area (Å²) in [6.45, 7) is 2.79. The second-order valence-electron chi connectivity index (χ2n) is 3.96. The van der Waals surface area contributed by atoms with E-state index < -0.39 is 0 Å². The van der Waals surface area contributed by atoms with Crippen molar-refractivity contribution in [2.75, 3.05) is 24.7 Å². The van der Waals surface area contributed by atoms with Crippen molar-refractivity contribution in [2.24, 2.45) is 0 Å². The van der Waals surface area contributed by atoms with Crippen LogP contribution in [0.25, 0.3) is 0 Å². The van der Waals surface area contributed by atoms with E-state index in [1.54, 1.807) is 18.2 Å². The van der Waals surface area contributed by atoms with Gasteiger partial charge in [-0.3, -0.25) is 4.79 Å². The Bertz CT molecular complexity index is 634. The number of ketones is 1. The molecule has 21 heavy (non-hydrogen) atoms. The molecular formula is C13H14ClN3O2S2. The van der Waals surface area contributed by atoms with E-state index >= 15 is 0 Å². The highest BCUT2D eigenvalue weighted by Crippen LogP contribution is 2.28. The van der Waals surface area contributed by atoms with Crippen LogP contribution in [0.15, 0.2) is 22.5 Å². The number of thioether (sulfide) groups is 1. The zero-order chi connectivity index (χ0) is 15.2. The molecule has 112 valence electrons. The van der Waals surface area contributed by atoms with Gasteiger partial charge in [0.15, 0.2) is 10.1 Å². The molecule has 0 aliphatic heterocycles. The van der Waals surface area contributed by atoms with E-state index in [0.29, 0.717) is 22.1 Å². The number of nitrogens with one attached hydrogen (secondary N) is 1. The zero-order valence-corrected chi connectivity index (χ0v) is 13.9. The Kier molecular flexibility index (Phi) is 5.84. The molecule has 0 spiro atoms. The third-order valence-electron chi connectivity index (χ3n) is 2.53. The van der Waals surface area contributed by atoms with Gasteiger partial charge in [-0.1, -0.05) is 34.7 Å². The Morgan fingerprint density at radius 3 is 2.95 bits per heavy atom. The van der Waals surface area contributed by atoms with Gasteiger partial charge in [-0.25, -0.2) is 0 Å². The van der Waals surface area contributed by atoms with Gasteiger partial charge in [-0.05, 0) is 25.1 Å². The number of carbonyl (C=O) groups excluding carboxylic acids is 1. The first-order chi connectivity index (χ1) is 10.1. The van der Waals surface area contributed by atoms with Crippen LogP contribution in [0.3, 0.4) is 0 Å². The second-order valence-corrected chi connectivity index (χ2v) is 6.57. The molecule has 0 fully saturated rings. The first-order valence-electron chi connectivity index (χ1n) is 6.21. The number of Topliss-reactive ketones (excluding diaryl/α,β-unsaturated/α-hetero) is 1. The van der Waals surface area contributed by atoms with Crippen molar-refractivity contribution in [2.45, 2.75) is 11.3 Å². The van der Waals surface area contributed by atoms with Gasteiger partial charge in [0.2, 0.25) is 5.13 Å². The molecule has 1 aromatic heterocycles. The number of rotatable bonds is 7. The summed E-state index contributed by atoms with van der Waals surface area (Å²) < 4.78 is 5.83. The lowest BCUT2D eigenvalue weighted by Gasteiger charge is -2.04. The smallest absolute Gasteiger partial charge is 0.206 e. The predicted molar refractivity (Wildman–Crippen MR) is 87.1 cm³/mol. The van der Waals surface area contributed by atoms with Gasteiger partial charge in [0.1, 0.15) is 5.75 Å². The van der Waals surface area contributed by atoms with Crippen LogP contribution in [0.4, 0.5) is 5.13 Å². The molecule has 0 saturated heterocycles. The van der Waals surface area contributed by atoms with Gasteiger partial charge in [-0.15, -0.1) is 10.2 Å². The van der Waals surface area contributed by atoms with Crippen molar-refractivity contribution >= 4 is 45.6 Å². The van der Waals surface area contributed by atoms with E-state index in [0.717, 1.165) is 16.0 Å². The van der Waals surface area contributed by atoms with E-state index in [2.05, 4.69) is 15.5 Å². The average molecular weight is 344 g/mol. The minimum atomic E-state index is -0.00949. The Morgan fingerprint density at radius 2 is 2.29 bits per heavy atom. The SMILES string of the molecule is CCNc1nnc(SCC(=O)c2ccc(OC)c(Cl)c2)s1. The fraction of sp³-hybridized carbons (Fsp3) is 0.308. The molecule has 1 heterocycles. The largest absolute Gasteiger partial charge is 0.495 e. The molecule has 0 amide bonds. The van der Waals surface area contributed by atoms with E-state index in [1.807, 2.05) is 6.92 Å². The number of ether oxygens (including phenoxy) is 1. The summed E-state index contributed by atoms with van der Waals surface area (Å²) in [5.41, 5.74) is 0.560. The van der Waals surface area contributed by atoms with Crippen molar-refractivity contribution in [3.05, 3.63) is 28.8 Å². The normalized spacial score (nSPS) is 10.4. The summed E-state index contributed by atoms with van der Waals surface area (Å²) in [4.78, 5) is 12.1. The molecule has 1 N–H and O–H groups in total. The lowest BCUT2D eigenvalue weighted by molar-refractivity contribution is 0.102.